The van der Waals surface area contributed by atoms with Gasteiger partial charge in [-0.05, 0) is 101 Å². The van der Waals surface area contributed by atoms with E-state index in [-0.39, 0.29) is 0 Å². The van der Waals surface area contributed by atoms with Crippen LogP contribution in [0.15, 0.2) is 231 Å². The molecule has 0 aliphatic carbocycles. The summed E-state index contributed by atoms with van der Waals surface area (Å²) in [5, 5.41) is 13.0. The van der Waals surface area contributed by atoms with Gasteiger partial charge in [-0.1, -0.05) is 152 Å². The van der Waals surface area contributed by atoms with Crippen molar-refractivity contribution in [2.45, 2.75) is 0 Å². The zero-order valence-electron chi connectivity index (χ0n) is 37.5. The highest BCUT2D eigenvalue weighted by atomic mass is 32.1. The van der Waals surface area contributed by atoms with Crippen molar-refractivity contribution in [3.05, 3.63) is 231 Å². The van der Waals surface area contributed by atoms with Gasteiger partial charge in [0.05, 0.1) is 20.8 Å². The molecule has 0 N–H and O–H groups in total. The molecule has 70 heavy (non-hydrogen) atoms. The Morgan fingerprint density at radius 1 is 0.229 bits per heavy atom. The minimum absolute atomic E-state index is 1.11. The molecule has 15 rings (SSSR count). The lowest BCUT2D eigenvalue weighted by atomic mass is 10.0. The fourth-order valence-corrected chi connectivity index (χ4v) is 15.6. The van der Waals surface area contributed by atoms with Gasteiger partial charge in [-0.3, -0.25) is 0 Å². The topological polar surface area (TPSA) is 6.48 Å². The van der Waals surface area contributed by atoms with Crippen LogP contribution < -0.4 is 9.80 Å². The number of anilines is 6. The summed E-state index contributed by atoms with van der Waals surface area (Å²) in [5.74, 6) is 0. The SMILES string of the molecule is c1cc(-c2cccc(N(c3ccc4c(c3)sc3c5ccccc5ccc43)c3cccc4c3sc3ccccc34)c2)cc(N(c2ccc3c(c2)sc2ccccc23)c2cccc3c2sc2ccccc23)c1. The summed E-state index contributed by atoms with van der Waals surface area (Å²) in [6.45, 7) is 0. The zero-order valence-corrected chi connectivity index (χ0v) is 40.7. The van der Waals surface area contributed by atoms with E-state index in [9.17, 15) is 0 Å². The zero-order chi connectivity index (χ0) is 45.9. The van der Waals surface area contributed by atoms with Crippen molar-refractivity contribution in [1.82, 2.24) is 0 Å². The smallest absolute Gasteiger partial charge is 0.0640 e. The monoisotopic (exact) mass is 962 g/mol. The molecule has 0 aliphatic rings. The molecule has 4 aromatic heterocycles. The Labute approximate surface area is 419 Å². The maximum absolute atomic E-state index is 2.49. The second-order valence-corrected chi connectivity index (χ2v) is 22.2. The summed E-state index contributed by atoms with van der Waals surface area (Å²) in [7, 11) is 0. The molecular formula is C64H38N2S4. The van der Waals surface area contributed by atoms with Gasteiger partial charge in [0.15, 0.2) is 0 Å². The van der Waals surface area contributed by atoms with Crippen LogP contribution in [0.3, 0.4) is 0 Å². The van der Waals surface area contributed by atoms with Crippen molar-refractivity contribution in [2.75, 3.05) is 9.80 Å². The lowest BCUT2D eigenvalue weighted by molar-refractivity contribution is 1.30. The predicted octanol–water partition coefficient (Wildman–Crippen LogP) is 20.9. The van der Waals surface area contributed by atoms with Crippen LogP contribution in [-0.2, 0) is 0 Å². The lowest BCUT2D eigenvalue weighted by Gasteiger charge is -2.27. The van der Waals surface area contributed by atoms with E-state index in [1.54, 1.807) is 0 Å². The van der Waals surface area contributed by atoms with Crippen molar-refractivity contribution in [2.24, 2.45) is 0 Å². The van der Waals surface area contributed by atoms with Crippen LogP contribution in [0.1, 0.15) is 0 Å². The van der Waals surface area contributed by atoms with Crippen LogP contribution in [0.5, 0.6) is 0 Å². The number of thiophene rings is 4. The van der Waals surface area contributed by atoms with E-state index in [0.29, 0.717) is 0 Å². The largest absolute Gasteiger partial charge is 0.309 e. The standard InChI is InChI=1S/C64H38N2S4/c1-2-18-46-39(13-1)29-32-54-51-34-31-45(38-61(51)70-62(46)54)66(56-25-12-23-53-49-21-5-8-28-59(49)69-64(53)56)43-17-10-15-41(36-43)40-14-9-16-42(35-40)65(44-30-33-50-47-19-3-6-26-57(47)67-60(50)37-44)55-24-11-22-52-48-20-4-7-27-58(48)68-63(52)55/h1-38H. The Morgan fingerprint density at radius 2 is 0.614 bits per heavy atom. The third-order valence-electron chi connectivity index (χ3n) is 14.0. The molecule has 0 aliphatic heterocycles. The average molecular weight is 963 g/mol. The van der Waals surface area contributed by atoms with Gasteiger partial charge in [0, 0.05) is 94.0 Å². The van der Waals surface area contributed by atoms with Gasteiger partial charge in [0.25, 0.3) is 0 Å². The number of hydrogen-bond donors (Lipinski definition) is 0. The molecule has 0 fully saturated rings. The first-order valence-electron chi connectivity index (χ1n) is 23.6. The predicted molar refractivity (Wildman–Crippen MR) is 310 cm³/mol. The Balaban J connectivity index is 0.908. The van der Waals surface area contributed by atoms with Crippen LogP contribution in [0, 0.1) is 0 Å². The highest BCUT2D eigenvalue weighted by Gasteiger charge is 2.23. The highest BCUT2D eigenvalue weighted by Crippen LogP contribution is 2.50. The molecule has 0 radical (unpaired) electrons. The number of rotatable bonds is 7. The molecular weight excluding hydrogens is 925 g/mol. The van der Waals surface area contributed by atoms with Crippen LogP contribution in [0.25, 0.3) is 103 Å². The molecule has 0 bridgehead atoms. The maximum Gasteiger partial charge on any atom is 0.0640 e. The van der Waals surface area contributed by atoms with Gasteiger partial charge in [-0.2, -0.15) is 0 Å². The fraction of sp³-hybridized carbons (Fsp3) is 0. The number of hydrogen-bond acceptors (Lipinski definition) is 6. The summed E-state index contributed by atoms with van der Waals surface area (Å²) in [6, 6.07) is 85.7. The molecule has 11 aromatic carbocycles. The molecule has 328 valence electrons. The van der Waals surface area contributed by atoms with Crippen LogP contribution in [0.4, 0.5) is 34.1 Å². The molecule has 2 nitrogen and oxygen atoms in total. The second kappa shape index (κ2) is 15.9. The Morgan fingerprint density at radius 3 is 1.20 bits per heavy atom. The minimum atomic E-state index is 1.11. The van der Waals surface area contributed by atoms with Gasteiger partial charge >= 0.3 is 0 Å². The summed E-state index contributed by atoms with van der Waals surface area (Å²) in [4.78, 5) is 4.97. The van der Waals surface area contributed by atoms with Crippen molar-refractivity contribution in [3.63, 3.8) is 0 Å². The number of nitrogens with zero attached hydrogens (tertiary/aromatic N) is 2. The van der Waals surface area contributed by atoms with Crippen molar-refractivity contribution >= 4 is 171 Å². The molecule has 0 spiro atoms. The van der Waals surface area contributed by atoms with Gasteiger partial charge in [0.2, 0.25) is 0 Å². The van der Waals surface area contributed by atoms with E-state index in [1.165, 1.54) is 103 Å². The second-order valence-electron chi connectivity index (χ2n) is 18.0. The van der Waals surface area contributed by atoms with Gasteiger partial charge in [-0.25, -0.2) is 0 Å². The number of fused-ring (bicyclic) bond motifs is 14. The van der Waals surface area contributed by atoms with Gasteiger partial charge < -0.3 is 9.80 Å². The van der Waals surface area contributed by atoms with Gasteiger partial charge in [0.1, 0.15) is 0 Å². The van der Waals surface area contributed by atoms with E-state index in [1.807, 2.05) is 45.3 Å². The summed E-state index contributed by atoms with van der Waals surface area (Å²) in [6.07, 6.45) is 0. The molecule has 4 heterocycles. The maximum atomic E-state index is 2.49. The molecule has 0 saturated heterocycles. The Bertz CT molecular complexity index is 4590. The molecule has 0 amide bonds. The quantitative estimate of drug-likeness (QED) is 0.157. The highest BCUT2D eigenvalue weighted by molar-refractivity contribution is 7.27. The van der Waals surface area contributed by atoms with Crippen LogP contribution >= 0.6 is 45.3 Å². The van der Waals surface area contributed by atoms with E-state index in [0.717, 1.165) is 33.9 Å². The third-order valence-corrected chi connectivity index (χ3v) is 18.8. The molecule has 0 unspecified atom stereocenters. The van der Waals surface area contributed by atoms with E-state index >= 15 is 0 Å². The van der Waals surface area contributed by atoms with Crippen LogP contribution in [0.2, 0.25) is 0 Å². The van der Waals surface area contributed by atoms with E-state index in [4.69, 9.17) is 0 Å². The molecule has 6 heteroatoms. The summed E-state index contributed by atoms with van der Waals surface area (Å²) >= 11 is 7.52. The lowest BCUT2D eigenvalue weighted by Crippen LogP contribution is -2.10. The minimum Gasteiger partial charge on any atom is -0.309 e. The Hall–Kier alpha value is -7.84. The first-order valence-corrected chi connectivity index (χ1v) is 26.8. The summed E-state index contributed by atoms with van der Waals surface area (Å²) in [5.41, 5.74) is 9.17. The van der Waals surface area contributed by atoms with Crippen LogP contribution in [-0.4, -0.2) is 0 Å². The Kier molecular flexibility index (Phi) is 9.08. The van der Waals surface area contributed by atoms with Gasteiger partial charge in [-0.15, -0.1) is 45.3 Å². The summed E-state index contributed by atoms with van der Waals surface area (Å²) < 4.78 is 10.4. The van der Waals surface area contributed by atoms with E-state index < -0.39 is 0 Å². The normalized spacial score (nSPS) is 12.0. The number of benzene rings is 11. The van der Waals surface area contributed by atoms with Crippen molar-refractivity contribution < 1.29 is 0 Å². The first-order chi connectivity index (χ1) is 34.7. The van der Waals surface area contributed by atoms with Crippen molar-refractivity contribution in [1.29, 1.82) is 0 Å². The molecule has 0 atom stereocenters. The fourth-order valence-electron chi connectivity index (χ4n) is 10.8. The van der Waals surface area contributed by atoms with E-state index in [2.05, 4.69) is 240 Å². The average Bonchev–Trinajstić information content (AvgIpc) is 4.20. The van der Waals surface area contributed by atoms with Crippen molar-refractivity contribution in [3.8, 4) is 11.1 Å². The third kappa shape index (κ3) is 6.28. The molecule has 15 aromatic rings. The first kappa shape index (κ1) is 40.1. The molecule has 0 saturated carbocycles.